The number of piperidine rings is 1. The lowest BCUT2D eigenvalue weighted by Crippen LogP contribution is -2.52. The van der Waals surface area contributed by atoms with E-state index in [9.17, 15) is 32.0 Å². The van der Waals surface area contributed by atoms with E-state index in [1.54, 1.807) is 11.8 Å². The van der Waals surface area contributed by atoms with Crippen molar-refractivity contribution in [2.45, 2.75) is 37.1 Å². The van der Waals surface area contributed by atoms with Gasteiger partial charge in [-0.05, 0) is 48.9 Å². The van der Waals surface area contributed by atoms with E-state index >= 15 is 0 Å². The molecule has 6 nitrogen and oxygen atoms in total. The number of benzene rings is 1. The van der Waals surface area contributed by atoms with Crippen LogP contribution in [-0.4, -0.2) is 40.8 Å². The molecule has 36 heavy (non-hydrogen) atoms. The van der Waals surface area contributed by atoms with Crippen LogP contribution in [0.3, 0.4) is 0 Å². The number of rotatable bonds is 6. The Morgan fingerprint density at radius 1 is 1.14 bits per heavy atom. The zero-order valence-corrected chi connectivity index (χ0v) is 19.2. The van der Waals surface area contributed by atoms with Gasteiger partial charge in [0.25, 0.3) is 11.8 Å². The van der Waals surface area contributed by atoms with Crippen molar-refractivity contribution in [1.29, 1.82) is 0 Å². The van der Waals surface area contributed by atoms with Crippen molar-refractivity contribution in [3.05, 3.63) is 94.8 Å². The maximum Gasteiger partial charge on any atom is 0.299 e. The van der Waals surface area contributed by atoms with Crippen LogP contribution < -0.4 is 10.0 Å². The number of hydrogen-bond acceptors (Lipinski definition) is 4. The third-order valence-corrected chi connectivity index (χ3v) is 6.40. The highest BCUT2D eigenvalue weighted by Gasteiger charge is 2.46. The van der Waals surface area contributed by atoms with Crippen molar-refractivity contribution >= 4 is 11.7 Å². The highest BCUT2D eigenvalue weighted by atomic mass is 19.3. The summed E-state index contributed by atoms with van der Waals surface area (Å²) in [7, 11) is 0. The zero-order chi connectivity index (χ0) is 26.1. The normalized spacial score (nSPS) is 19.0. The lowest BCUT2D eigenvalue weighted by Gasteiger charge is -2.40. The Labute approximate surface area is 204 Å². The highest BCUT2D eigenvalue weighted by molar-refractivity contribution is 5.93. The van der Waals surface area contributed by atoms with Gasteiger partial charge in [0.05, 0.1) is 12.0 Å². The van der Waals surface area contributed by atoms with Crippen molar-refractivity contribution in [2.24, 2.45) is 0 Å². The van der Waals surface area contributed by atoms with Gasteiger partial charge in [0, 0.05) is 49.0 Å². The first-order valence-corrected chi connectivity index (χ1v) is 11.2. The number of likely N-dealkylation sites (tertiary alicyclic amines) is 1. The van der Waals surface area contributed by atoms with Crippen molar-refractivity contribution in [1.82, 2.24) is 9.88 Å². The Hall–Kier alpha value is -3.60. The molecule has 1 aliphatic rings. The maximum absolute atomic E-state index is 14.7. The number of carbonyl (C=O) groups excluding carboxylic acids is 1. The molecule has 0 spiro atoms. The molecular weight excluding hydrogens is 483 g/mol. The molecule has 1 amide bonds. The summed E-state index contributed by atoms with van der Waals surface area (Å²) in [6.45, 7) is 1.42. The summed E-state index contributed by atoms with van der Waals surface area (Å²) in [5.74, 6) is -8.78. The number of anilines is 1. The summed E-state index contributed by atoms with van der Waals surface area (Å²) < 4.78 is 72.2. The highest BCUT2D eigenvalue weighted by Crippen LogP contribution is 2.40. The molecule has 0 aliphatic carbocycles. The lowest BCUT2D eigenvalue weighted by atomic mass is 9.87. The summed E-state index contributed by atoms with van der Waals surface area (Å²) in [6.07, 6.45) is 2.75. The Balaban J connectivity index is 1.43. The van der Waals surface area contributed by atoms with Gasteiger partial charge in [-0.2, -0.15) is 13.5 Å². The standard InChI is InChI=1S/C25H23F5N4O2/c1-16(33-13-10-24(27,28)21(15-33)17-8-11-34(36)12-9-17)23(35)32-22-7-4-19(14-31-22)25(29,30)18-2-5-20(26)6-3-18/h2-9,11-12,14,16,21H,10,13,15H2,1H3,(H,31,32,35). The third kappa shape index (κ3) is 5.30. The first-order chi connectivity index (χ1) is 17.0. The molecule has 2 atom stereocenters. The number of alkyl halides is 4. The van der Waals surface area contributed by atoms with E-state index in [0.717, 1.165) is 48.9 Å². The zero-order valence-electron chi connectivity index (χ0n) is 19.2. The number of carbonyl (C=O) groups is 1. The summed E-state index contributed by atoms with van der Waals surface area (Å²) in [5.41, 5.74) is -0.552. The lowest BCUT2D eigenvalue weighted by molar-refractivity contribution is -0.605. The second kappa shape index (κ2) is 9.81. The minimum absolute atomic E-state index is 0.0208. The molecule has 11 heteroatoms. The van der Waals surface area contributed by atoms with E-state index in [-0.39, 0.29) is 18.9 Å². The average Bonchev–Trinajstić information content (AvgIpc) is 2.85. The summed E-state index contributed by atoms with van der Waals surface area (Å²) >= 11 is 0. The van der Waals surface area contributed by atoms with Gasteiger partial charge < -0.3 is 10.5 Å². The Morgan fingerprint density at radius 3 is 2.39 bits per heavy atom. The minimum atomic E-state index is -3.42. The predicted octanol–water partition coefficient (Wildman–Crippen LogP) is 4.45. The maximum atomic E-state index is 14.7. The van der Waals surface area contributed by atoms with Gasteiger partial charge in [0.15, 0.2) is 12.4 Å². The second-order valence-corrected chi connectivity index (χ2v) is 8.73. The molecule has 1 aliphatic heterocycles. The molecule has 0 bridgehead atoms. The van der Waals surface area contributed by atoms with E-state index in [4.69, 9.17) is 0 Å². The fourth-order valence-electron chi connectivity index (χ4n) is 4.16. The fraction of sp³-hybridized carbons (Fsp3) is 0.320. The SMILES string of the molecule is CC(C(=O)Nc1ccc(C(F)(F)c2ccc(F)cc2)cn1)N1CCC(F)(F)C(c2cc[n+]([O-])cc2)C1. The molecule has 3 heterocycles. The second-order valence-electron chi connectivity index (χ2n) is 8.73. The van der Waals surface area contributed by atoms with Gasteiger partial charge in [-0.15, -0.1) is 0 Å². The first kappa shape index (κ1) is 25.5. The predicted molar refractivity (Wildman–Crippen MR) is 121 cm³/mol. The van der Waals surface area contributed by atoms with Gasteiger partial charge in [0.1, 0.15) is 11.6 Å². The largest absolute Gasteiger partial charge is 0.619 e. The van der Waals surface area contributed by atoms with Gasteiger partial charge in [-0.25, -0.2) is 18.2 Å². The molecule has 1 saturated heterocycles. The number of aromatic nitrogens is 2. The van der Waals surface area contributed by atoms with Crippen LogP contribution in [0, 0.1) is 11.0 Å². The van der Waals surface area contributed by atoms with Crippen LogP contribution >= 0.6 is 0 Å². The number of halogens is 5. The molecule has 190 valence electrons. The van der Waals surface area contributed by atoms with E-state index in [1.165, 1.54) is 18.2 Å². The molecule has 3 aromatic rings. The van der Waals surface area contributed by atoms with Crippen molar-refractivity contribution < 1.29 is 31.5 Å². The van der Waals surface area contributed by atoms with E-state index < -0.39 is 53.1 Å². The molecule has 1 fully saturated rings. The summed E-state index contributed by atoms with van der Waals surface area (Å²) in [6, 6.07) is 8.03. The third-order valence-electron chi connectivity index (χ3n) is 6.40. The number of pyridine rings is 2. The monoisotopic (exact) mass is 506 g/mol. The molecule has 0 radical (unpaired) electrons. The smallest absolute Gasteiger partial charge is 0.299 e. The molecular formula is C25H23F5N4O2. The minimum Gasteiger partial charge on any atom is -0.619 e. The Kier molecular flexibility index (Phi) is 6.94. The van der Waals surface area contributed by atoms with E-state index in [2.05, 4.69) is 10.3 Å². The van der Waals surface area contributed by atoms with Crippen LogP contribution in [0.5, 0.6) is 0 Å². The molecule has 4 rings (SSSR count). The van der Waals surface area contributed by atoms with Gasteiger partial charge in [-0.1, -0.05) is 0 Å². The number of amides is 1. The van der Waals surface area contributed by atoms with Crippen LogP contribution in [-0.2, 0) is 10.7 Å². The quantitative estimate of drug-likeness (QED) is 0.305. The molecule has 2 unspecified atom stereocenters. The van der Waals surface area contributed by atoms with Crippen LogP contribution in [0.1, 0.15) is 36.0 Å². The number of nitrogens with zero attached hydrogens (tertiary/aromatic N) is 3. The molecule has 2 aromatic heterocycles. The van der Waals surface area contributed by atoms with Crippen LogP contribution in [0.2, 0.25) is 0 Å². The van der Waals surface area contributed by atoms with Gasteiger partial charge >= 0.3 is 0 Å². The average molecular weight is 506 g/mol. The van der Waals surface area contributed by atoms with Gasteiger partial charge in [0.2, 0.25) is 5.91 Å². The van der Waals surface area contributed by atoms with E-state index in [1.807, 2.05) is 0 Å². The van der Waals surface area contributed by atoms with E-state index in [0.29, 0.717) is 10.3 Å². The first-order valence-electron chi connectivity index (χ1n) is 11.2. The topological polar surface area (TPSA) is 72.2 Å². The Morgan fingerprint density at radius 2 is 1.78 bits per heavy atom. The fourth-order valence-corrected chi connectivity index (χ4v) is 4.16. The van der Waals surface area contributed by atoms with Crippen LogP contribution in [0.4, 0.5) is 27.8 Å². The van der Waals surface area contributed by atoms with Crippen molar-refractivity contribution in [2.75, 3.05) is 18.4 Å². The summed E-state index contributed by atoms with van der Waals surface area (Å²) in [4.78, 5) is 18.3. The van der Waals surface area contributed by atoms with Gasteiger partial charge in [-0.3, -0.25) is 9.69 Å². The molecule has 0 saturated carbocycles. The number of hydrogen-bond donors (Lipinski definition) is 1. The summed E-state index contributed by atoms with van der Waals surface area (Å²) in [5, 5.41) is 13.8. The van der Waals surface area contributed by atoms with Crippen molar-refractivity contribution in [3.8, 4) is 0 Å². The number of nitrogens with one attached hydrogen (secondary N) is 1. The molecule has 1 N–H and O–H groups in total. The van der Waals surface area contributed by atoms with Crippen LogP contribution in [0.25, 0.3) is 0 Å². The van der Waals surface area contributed by atoms with Crippen LogP contribution in [0.15, 0.2) is 67.1 Å². The Bertz CT molecular complexity index is 1200. The van der Waals surface area contributed by atoms with Crippen molar-refractivity contribution in [3.63, 3.8) is 0 Å². The molecule has 1 aromatic carbocycles.